The summed E-state index contributed by atoms with van der Waals surface area (Å²) < 4.78 is 5.41. The predicted octanol–water partition coefficient (Wildman–Crippen LogP) is 3.10. The summed E-state index contributed by atoms with van der Waals surface area (Å²) in [4.78, 5) is 0. The van der Waals surface area contributed by atoms with Gasteiger partial charge in [-0.05, 0) is 56.3 Å². The number of nitrogens with two attached hydrogens (primary N) is 1. The molecular weight excluding hydrogens is 198 g/mol. The van der Waals surface area contributed by atoms with Crippen LogP contribution in [0.3, 0.4) is 0 Å². The number of ether oxygens (including phenoxy) is 1. The summed E-state index contributed by atoms with van der Waals surface area (Å²) in [7, 11) is 0. The summed E-state index contributed by atoms with van der Waals surface area (Å²) in [6, 6.07) is 0. The van der Waals surface area contributed by atoms with Crippen molar-refractivity contribution in [2.24, 2.45) is 17.1 Å². The molecule has 1 aliphatic carbocycles. The Morgan fingerprint density at radius 3 is 2.19 bits per heavy atom. The molecule has 0 unspecified atom stereocenters. The molecule has 1 heterocycles. The van der Waals surface area contributed by atoms with E-state index in [4.69, 9.17) is 10.5 Å². The van der Waals surface area contributed by atoms with E-state index in [9.17, 15) is 0 Å². The van der Waals surface area contributed by atoms with E-state index in [0.717, 1.165) is 19.1 Å². The highest BCUT2D eigenvalue weighted by molar-refractivity contribution is 4.94. The normalized spacial score (nSPS) is 30.2. The average Bonchev–Trinajstić information content (AvgIpc) is 2.25. The Hall–Kier alpha value is -0.0800. The molecule has 1 aliphatic heterocycles. The van der Waals surface area contributed by atoms with Crippen molar-refractivity contribution in [3.63, 3.8) is 0 Å². The molecule has 2 nitrogen and oxygen atoms in total. The molecule has 0 aromatic carbocycles. The Kier molecular flexibility index (Phi) is 3.60. The lowest BCUT2D eigenvalue weighted by Crippen LogP contribution is -2.46. The molecular formula is C14H27NO. The summed E-state index contributed by atoms with van der Waals surface area (Å²) in [5.74, 6) is 0.819. The third kappa shape index (κ3) is 3.21. The monoisotopic (exact) mass is 225 g/mol. The van der Waals surface area contributed by atoms with Crippen LogP contribution < -0.4 is 5.73 Å². The minimum Gasteiger partial charge on any atom is -0.381 e. The first-order chi connectivity index (χ1) is 7.49. The van der Waals surface area contributed by atoms with Crippen LogP contribution in [-0.2, 0) is 4.74 Å². The van der Waals surface area contributed by atoms with Crippen molar-refractivity contribution in [3.05, 3.63) is 0 Å². The van der Waals surface area contributed by atoms with E-state index in [1.54, 1.807) is 0 Å². The molecule has 94 valence electrons. The molecule has 0 radical (unpaired) electrons. The van der Waals surface area contributed by atoms with Crippen molar-refractivity contribution in [1.29, 1.82) is 0 Å². The molecule has 0 amide bonds. The molecule has 2 heteroatoms. The van der Waals surface area contributed by atoms with Crippen LogP contribution in [0, 0.1) is 11.3 Å². The van der Waals surface area contributed by atoms with Gasteiger partial charge >= 0.3 is 0 Å². The molecule has 1 saturated carbocycles. The lowest BCUT2D eigenvalue weighted by Gasteiger charge is -2.43. The zero-order chi connectivity index (χ0) is 11.6. The third-order valence-electron chi connectivity index (χ3n) is 4.64. The largest absolute Gasteiger partial charge is 0.381 e. The maximum atomic E-state index is 6.57. The van der Waals surface area contributed by atoms with E-state index in [-0.39, 0.29) is 5.54 Å². The fourth-order valence-corrected chi connectivity index (χ4v) is 3.15. The van der Waals surface area contributed by atoms with Gasteiger partial charge in [0.1, 0.15) is 0 Å². The van der Waals surface area contributed by atoms with Gasteiger partial charge in [0.2, 0.25) is 0 Å². The second kappa shape index (κ2) is 4.66. The van der Waals surface area contributed by atoms with E-state index in [1.807, 2.05) is 0 Å². The Morgan fingerprint density at radius 1 is 1.06 bits per heavy atom. The van der Waals surface area contributed by atoms with E-state index in [0.29, 0.717) is 5.41 Å². The van der Waals surface area contributed by atoms with Crippen molar-refractivity contribution < 1.29 is 4.74 Å². The van der Waals surface area contributed by atoms with Crippen molar-refractivity contribution in [2.45, 2.75) is 64.3 Å². The molecule has 0 bridgehead atoms. The van der Waals surface area contributed by atoms with Crippen LogP contribution in [-0.4, -0.2) is 18.8 Å². The maximum Gasteiger partial charge on any atom is 0.0468 e. The average molecular weight is 225 g/mol. The molecule has 0 atom stereocenters. The maximum absolute atomic E-state index is 6.57. The minimum atomic E-state index is 0.136. The highest BCUT2D eigenvalue weighted by atomic mass is 16.5. The fourth-order valence-electron chi connectivity index (χ4n) is 3.15. The van der Waals surface area contributed by atoms with Crippen molar-refractivity contribution >= 4 is 0 Å². The van der Waals surface area contributed by atoms with E-state index in [2.05, 4.69) is 13.8 Å². The number of hydrogen-bond acceptors (Lipinski definition) is 2. The number of rotatable bonds is 2. The van der Waals surface area contributed by atoms with E-state index in [1.165, 1.54) is 44.9 Å². The Balaban J connectivity index is 1.84. The summed E-state index contributed by atoms with van der Waals surface area (Å²) >= 11 is 0. The van der Waals surface area contributed by atoms with Gasteiger partial charge in [-0.3, -0.25) is 0 Å². The molecule has 2 rings (SSSR count). The van der Waals surface area contributed by atoms with Gasteiger partial charge in [0.15, 0.2) is 0 Å². The van der Waals surface area contributed by atoms with Gasteiger partial charge in [0, 0.05) is 18.8 Å². The van der Waals surface area contributed by atoms with E-state index >= 15 is 0 Å². The third-order valence-corrected chi connectivity index (χ3v) is 4.64. The predicted molar refractivity (Wildman–Crippen MR) is 67.3 cm³/mol. The molecule has 2 N–H and O–H groups in total. The van der Waals surface area contributed by atoms with Crippen molar-refractivity contribution in [3.8, 4) is 0 Å². The molecule has 0 aromatic rings. The van der Waals surface area contributed by atoms with Crippen LogP contribution in [0.5, 0.6) is 0 Å². The number of hydrogen-bond donors (Lipinski definition) is 1. The summed E-state index contributed by atoms with van der Waals surface area (Å²) in [6.45, 7) is 6.65. The van der Waals surface area contributed by atoms with Gasteiger partial charge in [-0.25, -0.2) is 0 Å². The summed E-state index contributed by atoms with van der Waals surface area (Å²) in [6.07, 6.45) is 8.71. The first-order valence-corrected chi connectivity index (χ1v) is 6.86. The first kappa shape index (κ1) is 12.4. The standard InChI is InChI=1S/C14H27NO/c1-13(2)5-7-14(15,8-6-13)11-12-3-9-16-10-4-12/h12H,3-11,15H2,1-2H3. The van der Waals surface area contributed by atoms with Crippen LogP contribution in [0.2, 0.25) is 0 Å². The first-order valence-electron chi connectivity index (χ1n) is 6.86. The van der Waals surface area contributed by atoms with Gasteiger partial charge in [0.05, 0.1) is 0 Å². The Morgan fingerprint density at radius 2 is 1.62 bits per heavy atom. The smallest absolute Gasteiger partial charge is 0.0468 e. The summed E-state index contributed by atoms with van der Waals surface area (Å²) in [5, 5.41) is 0. The van der Waals surface area contributed by atoms with Crippen LogP contribution >= 0.6 is 0 Å². The Bertz CT molecular complexity index is 221. The van der Waals surface area contributed by atoms with Crippen LogP contribution in [0.4, 0.5) is 0 Å². The molecule has 2 fully saturated rings. The zero-order valence-electron chi connectivity index (χ0n) is 10.9. The second-order valence-corrected chi connectivity index (χ2v) is 6.79. The lowest BCUT2D eigenvalue weighted by atomic mass is 9.67. The van der Waals surface area contributed by atoms with Gasteiger partial charge in [-0.1, -0.05) is 13.8 Å². The quantitative estimate of drug-likeness (QED) is 0.783. The second-order valence-electron chi connectivity index (χ2n) is 6.79. The van der Waals surface area contributed by atoms with Crippen molar-refractivity contribution in [2.75, 3.05) is 13.2 Å². The molecule has 2 aliphatic rings. The molecule has 0 spiro atoms. The van der Waals surface area contributed by atoms with E-state index < -0.39 is 0 Å². The van der Waals surface area contributed by atoms with Gasteiger partial charge in [0.25, 0.3) is 0 Å². The van der Waals surface area contributed by atoms with Gasteiger partial charge < -0.3 is 10.5 Å². The van der Waals surface area contributed by atoms with Gasteiger partial charge in [-0.15, -0.1) is 0 Å². The summed E-state index contributed by atoms with van der Waals surface area (Å²) in [5.41, 5.74) is 7.23. The molecule has 16 heavy (non-hydrogen) atoms. The zero-order valence-corrected chi connectivity index (χ0v) is 10.9. The highest BCUT2D eigenvalue weighted by Gasteiger charge is 2.36. The highest BCUT2D eigenvalue weighted by Crippen LogP contribution is 2.42. The fraction of sp³-hybridized carbons (Fsp3) is 1.00. The van der Waals surface area contributed by atoms with Crippen LogP contribution in [0.15, 0.2) is 0 Å². The molecule has 0 aromatic heterocycles. The van der Waals surface area contributed by atoms with Crippen LogP contribution in [0.25, 0.3) is 0 Å². The van der Waals surface area contributed by atoms with Gasteiger partial charge in [-0.2, -0.15) is 0 Å². The lowest BCUT2D eigenvalue weighted by molar-refractivity contribution is 0.0471. The Labute approximate surface area is 99.9 Å². The molecule has 1 saturated heterocycles. The minimum absolute atomic E-state index is 0.136. The van der Waals surface area contributed by atoms with Crippen LogP contribution in [0.1, 0.15) is 58.8 Å². The topological polar surface area (TPSA) is 35.2 Å². The SMILES string of the molecule is CC1(C)CCC(N)(CC2CCOCC2)CC1. The van der Waals surface area contributed by atoms with Crippen molar-refractivity contribution in [1.82, 2.24) is 0 Å².